The number of urea groups is 1. The molecule has 2 heterocycles. The van der Waals surface area contributed by atoms with Crippen molar-refractivity contribution in [3.63, 3.8) is 0 Å². The molecule has 9 nitrogen and oxygen atoms in total. The topological polar surface area (TPSA) is 106 Å². The lowest BCUT2D eigenvalue weighted by molar-refractivity contribution is -0.131. The minimum atomic E-state index is -0.850. The first-order valence-corrected chi connectivity index (χ1v) is 9.69. The summed E-state index contributed by atoms with van der Waals surface area (Å²) in [5, 5.41) is 5.45. The largest absolute Gasteiger partial charge is 0.493 e. The van der Waals surface area contributed by atoms with Crippen molar-refractivity contribution in [1.82, 2.24) is 15.5 Å². The molecule has 2 N–H and O–H groups in total. The van der Waals surface area contributed by atoms with Crippen molar-refractivity contribution in [3.8, 4) is 11.5 Å². The second-order valence-corrected chi connectivity index (χ2v) is 7.18. The molecule has 2 aliphatic rings. The molecule has 1 aromatic carbocycles. The number of carbonyl (C=O) groups excluding carboxylic acids is 3. The Labute approximate surface area is 169 Å². The second-order valence-electron chi connectivity index (χ2n) is 7.18. The first-order chi connectivity index (χ1) is 14.0. The van der Waals surface area contributed by atoms with E-state index < -0.39 is 18.0 Å². The van der Waals surface area contributed by atoms with E-state index in [0.29, 0.717) is 37.2 Å². The van der Waals surface area contributed by atoms with E-state index in [4.69, 9.17) is 14.2 Å². The third-order valence-electron chi connectivity index (χ3n) is 5.21. The molecular formula is C20H27N3O6. The molecule has 4 amide bonds. The molecule has 2 aliphatic heterocycles. The van der Waals surface area contributed by atoms with Gasteiger partial charge >= 0.3 is 6.03 Å². The van der Waals surface area contributed by atoms with Crippen LogP contribution in [0.2, 0.25) is 0 Å². The molecule has 3 rings (SSSR count). The molecule has 1 aromatic rings. The van der Waals surface area contributed by atoms with Gasteiger partial charge in [0.15, 0.2) is 11.5 Å². The number of benzene rings is 1. The number of carbonyl (C=O) groups is 3. The van der Waals surface area contributed by atoms with Crippen molar-refractivity contribution in [2.24, 2.45) is 5.92 Å². The third kappa shape index (κ3) is 5.17. The molecule has 2 fully saturated rings. The van der Waals surface area contributed by atoms with Gasteiger partial charge in [0, 0.05) is 19.8 Å². The van der Waals surface area contributed by atoms with Crippen LogP contribution in [-0.4, -0.2) is 62.8 Å². The SMILES string of the molecule is COc1ccc(CN2C(=O)N[C@@H](CC(=O)NCC3CCOCC3)C2=O)cc1OC. The smallest absolute Gasteiger partial charge is 0.325 e. The molecule has 0 bridgehead atoms. The molecule has 29 heavy (non-hydrogen) atoms. The van der Waals surface area contributed by atoms with Crippen LogP contribution in [0.1, 0.15) is 24.8 Å². The Morgan fingerprint density at radius 2 is 1.93 bits per heavy atom. The van der Waals surface area contributed by atoms with Crippen LogP contribution >= 0.6 is 0 Å². The fraction of sp³-hybridized carbons (Fsp3) is 0.550. The fourth-order valence-corrected chi connectivity index (χ4v) is 3.49. The Bertz CT molecular complexity index is 763. The van der Waals surface area contributed by atoms with Gasteiger partial charge in [0.2, 0.25) is 5.91 Å². The quantitative estimate of drug-likeness (QED) is 0.627. The monoisotopic (exact) mass is 405 g/mol. The number of nitrogens with one attached hydrogen (secondary N) is 2. The van der Waals surface area contributed by atoms with Crippen molar-refractivity contribution in [2.75, 3.05) is 34.0 Å². The van der Waals surface area contributed by atoms with Gasteiger partial charge in [-0.1, -0.05) is 6.07 Å². The molecular weight excluding hydrogens is 378 g/mol. The Balaban J connectivity index is 1.54. The highest BCUT2D eigenvalue weighted by molar-refractivity contribution is 6.05. The molecule has 9 heteroatoms. The first-order valence-electron chi connectivity index (χ1n) is 9.69. The first kappa shape index (κ1) is 20.9. The van der Waals surface area contributed by atoms with E-state index >= 15 is 0 Å². The van der Waals surface area contributed by atoms with Crippen LogP contribution in [0.4, 0.5) is 4.79 Å². The molecule has 1 atom stereocenters. The standard InChI is InChI=1S/C20H27N3O6/c1-27-16-4-3-14(9-17(16)28-2)12-23-19(25)15(22-20(23)26)10-18(24)21-11-13-5-7-29-8-6-13/h3-4,9,13,15H,5-8,10-12H2,1-2H3,(H,21,24)(H,22,26)/t15-/m0/s1. The molecule has 0 radical (unpaired) electrons. The normalized spacial score (nSPS) is 19.8. The number of methoxy groups -OCH3 is 2. The van der Waals surface area contributed by atoms with Crippen LogP contribution in [0.3, 0.4) is 0 Å². The number of hydrogen-bond acceptors (Lipinski definition) is 6. The highest BCUT2D eigenvalue weighted by atomic mass is 16.5. The number of imide groups is 1. The Kier molecular flexibility index (Phi) is 6.92. The molecule has 0 aromatic heterocycles. The van der Waals surface area contributed by atoms with Gasteiger partial charge in [-0.3, -0.25) is 14.5 Å². The van der Waals surface area contributed by atoms with Gasteiger partial charge in [-0.2, -0.15) is 0 Å². The van der Waals surface area contributed by atoms with E-state index in [1.165, 1.54) is 14.2 Å². The third-order valence-corrected chi connectivity index (χ3v) is 5.21. The molecule has 0 aliphatic carbocycles. The van der Waals surface area contributed by atoms with Gasteiger partial charge in [0.05, 0.1) is 27.2 Å². The minimum Gasteiger partial charge on any atom is -0.493 e. The van der Waals surface area contributed by atoms with Crippen LogP contribution in [-0.2, 0) is 20.9 Å². The van der Waals surface area contributed by atoms with E-state index in [1.54, 1.807) is 18.2 Å². The van der Waals surface area contributed by atoms with Crippen molar-refractivity contribution in [2.45, 2.75) is 31.8 Å². The lowest BCUT2D eigenvalue weighted by Crippen LogP contribution is -2.38. The highest BCUT2D eigenvalue weighted by Crippen LogP contribution is 2.28. The number of ether oxygens (including phenoxy) is 3. The number of hydrogen-bond donors (Lipinski definition) is 2. The number of rotatable bonds is 8. The molecule has 0 unspecified atom stereocenters. The fourth-order valence-electron chi connectivity index (χ4n) is 3.49. The summed E-state index contributed by atoms with van der Waals surface area (Å²) in [5.41, 5.74) is 0.718. The van der Waals surface area contributed by atoms with Gasteiger partial charge in [0.25, 0.3) is 5.91 Å². The summed E-state index contributed by atoms with van der Waals surface area (Å²) >= 11 is 0. The van der Waals surface area contributed by atoms with Crippen molar-refractivity contribution in [3.05, 3.63) is 23.8 Å². The molecule has 158 valence electrons. The predicted molar refractivity (Wildman–Crippen MR) is 104 cm³/mol. The summed E-state index contributed by atoms with van der Waals surface area (Å²) in [7, 11) is 3.05. The summed E-state index contributed by atoms with van der Waals surface area (Å²) in [4.78, 5) is 38.2. The molecule has 0 spiro atoms. The lowest BCUT2D eigenvalue weighted by atomic mass is 10.0. The van der Waals surface area contributed by atoms with E-state index in [0.717, 1.165) is 23.3 Å². The maximum atomic E-state index is 12.6. The van der Waals surface area contributed by atoms with Gasteiger partial charge in [-0.15, -0.1) is 0 Å². The Morgan fingerprint density at radius 1 is 1.21 bits per heavy atom. The van der Waals surface area contributed by atoms with Gasteiger partial charge < -0.3 is 24.8 Å². The van der Waals surface area contributed by atoms with Crippen LogP contribution < -0.4 is 20.1 Å². The molecule has 0 saturated carbocycles. The van der Waals surface area contributed by atoms with E-state index in [1.807, 2.05) is 0 Å². The number of nitrogens with zero attached hydrogens (tertiary/aromatic N) is 1. The summed E-state index contributed by atoms with van der Waals surface area (Å²) in [5.74, 6) is 0.811. The average molecular weight is 405 g/mol. The maximum absolute atomic E-state index is 12.6. The van der Waals surface area contributed by atoms with E-state index in [-0.39, 0.29) is 18.9 Å². The number of amides is 4. The summed E-state index contributed by atoms with van der Waals surface area (Å²) in [6.45, 7) is 2.07. The predicted octanol–water partition coefficient (Wildman–Crippen LogP) is 1.06. The van der Waals surface area contributed by atoms with Crippen LogP contribution in [0.15, 0.2) is 18.2 Å². The minimum absolute atomic E-state index is 0.0732. The zero-order valence-corrected chi connectivity index (χ0v) is 16.7. The summed E-state index contributed by atoms with van der Waals surface area (Å²) in [6, 6.07) is 3.83. The van der Waals surface area contributed by atoms with Gasteiger partial charge in [0.1, 0.15) is 6.04 Å². The average Bonchev–Trinajstić information content (AvgIpc) is 3.00. The summed E-state index contributed by atoms with van der Waals surface area (Å²) < 4.78 is 15.8. The Hall–Kier alpha value is -2.81. The highest BCUT2D eigenvalue weighted by Gasteiger charge is 2.39. The van der Waals surface area contributed by atoms with Gasteiger partial charge in [-0.05, 0) is 36.5 Å². The van der Waals surface area contributed by atoms with Crippen molar-refractivity contribution >= 4 is 17.8 Å². The van der Waals surface area contributed by atoms with Gasteiger partial charge in [-0.25, -0.2) is 4.79 Å². The molecule has 2 saturated heterocycles. The second kappa shape index (κ2) is 9.60. The van der Waals surface area contributed by atoms with Crippen LogP contribution in [0.25, 0.3) is 0 Å². The van der Waals surface area contributed by atoms with E-state index in [9.17, 15) is 14.4 Å². The Morgan fingerprint density at radius 3 is 2.62 bits per heavy atom. The van der Waals surface area contributed by atoms with Crippen LogP contribution in [0.5, 0.6) is 11.5 Å². The van der Waals surface area contributed by atoms with Crippen molar-refractivity contribution < 1.29 is 28.6 Å². The van der Waals surface area contributed by atoms with Crippen LogP contribution in [0, 0.1) is 5.92 Å². The zero-order chi connectivity index (χ0) is 20.8. The summed E-state index contributed by atoms with van der Waals surface area (Å²) in [6.07, 6.45) is 1.76. The van der Waals surface area contributed by atoms with Crippen molar-refractivity contribution in [1.29, 1.82) is 0 Å². The lowest BCUT2D eigenvalue weighted by Gasteiger charge is -2.22. The van der Waals surface area contributed by atoms with E-state index in [2.05, 4.69) is 10.6 Å². The maximum Gasteiger partial charge on any atom is 0.325 e. The zero-order valence-electron chi connectivity index (χ0n) is 16.7.